The number of carboxylic acid groups (broad SMARTS) is 1. The molecule has 1 saturated heterocycles. The standard InChI is InChI=1S/C15H20N2O3/c1-11-4-3-5-12(8-11)9-14(18)17-7-6-16(2)13(10-17)15(19)20/h3-5,8,13H,6-7,9-10H2,1-2H3,(H,19,20). The Balaban J connectivity index is 2.01. The minimum atomic E-state index is -0.874. The zero-order chi connectivity index (χ0) is 14.7. The number of rotatable bonds is 3. The van der Waals surface area contributed by atoms with Crippen LogP contribution in [-0.4, -0.2) is 59.5 Å². The van der Waals surface area contributed by atoms with E-state index in [0.717, 1.165) is 11.1 Å². The predicted octanol–water partition coefficient (Wildman–Crippen LogP) is 0.765. The third-order valence-corrected chi connectivity index (χ3v) is 3.72. The Morgan fingerprint density at radius 2 is 2.10 bits per heavy atom. The first-order chi connectivity index (χ1) is 9.47. The zero-order valence-electron chi connectivity index (χ0n) is 11.9. The smallest absolute Gasteiger partial charge is 0.322 e. The van der Waals surface area contributed by atoms with Crippen LogP contribution in [-0.2, 0) is 16.0 Å². The monoisotopic (exact) mass is 276 g/mol. The molecule has 5 heteroatoms. The van der Waals surface area contributed by atoms with Gasteiger partial charge in [0.1, 0.15) is 6.04 Å². The Morgan fingerprint density at radius 3 is 2.75 bits per heavy atom. The summed E-state index contributed by atoms with van der Waals surface area (Å²) in [6.45, 7) is 3.43. The van der Waals surface area contributed by atoms with E-state index in [-0.39, 0.29) is 12.5 Å². The van der Waals surface area contributed by atoms with Crippen molar-refractivity contribution < 1.29 is 14.7 Å². The van der Waals surface area contributed by atoms with E-state index in [1.807, 2.05) is 31.2 Å². The minimum Gasteiger partial charge on any atom is -0.480 e. The lowest BCUT2D eigenvalue weighted by atomic mass is 10.1. The van der Waals surface area contributed by atoms with E-state index in [1.54, 1.807) is 16.8 Å². The molecular weight excluding hydrogens is 256 g/mol. The molecule has 0 radical (unpaired) electrons. The van der Waals surface area contributed by atoms with Gasteiger partial charge in [0.05, 0.1) is 6.42 Å². The molecule has 1 unspecified atom stereocenters. The summed E-state index contributed by atoms with van der Waals surface area (Å²) in [4.78, 5) is 26.9. The van der Waals surface area contributed by atoms with Crippen molar-refractivity contribution in [1.29, 1.82) is 0 Å². The van der Waals surface area contributed by atoms with E-state index in [9.17, 15) is 9.59 Å². The molecule has 1 N–H and O–H groups in total. The van der Waals surface area contributed by atoms with Gasteiger partial charge in [0.25, 0.3) is 0 Å². The van der Waals surface area contributed by atoms with E-state index < -0.39 is 12.0 Å². The van der Waals surface area contributed by atoms with Gasteiger partial charge in [0.15, 0.2) is 0 Å². The van der Waals surface area contributed by atoms with Gasteiger partial charge < -0.3 is 10.0 Å². The highest BCUT2D eigenvalue weighted by Gasteiger charge is 2.31. The Bertz CT molecular complexity index is 516. The van der Waals surface area contributed by atoms with Gasteiger partial charge in [-0.1, -0.05) is 29.8 Å². The summed E-state index contributed by atoms with van der Waals surface area (Å²) in [5.41, 5.74) is 2.10. The molecule has 1 aromatic rings. The van der Waals surface area contributed by atoms with Crippen LogP contribution < -0.4 is 0 Å². The largest absolute Gasteiger partial charge is 0.480 e. The number of aryl methyl sites for hydroxylation is 1. The SMILES string of the molecule is Cc1cccc(CC(=O)N2CCN(C)C(C(=O)O)C2)c1. The third kappa shape index (κ3) is 3.36. The number of hydrogen-bond acceptors (Lipinski definition) is 3. The Labute approximate surface area is 118 Å². The topological polar surface area (TPSA) is 60.9 Å². The van der Waals surface area contributed by atoms with Crippen LogP contribution in [0.25, 0.3) is 0 Å². The number of carbonyl (C=O) groups is 2. The fourth-order valence-corrected chi connectivity index (χ4v) is 2.48. The van der Waals surface area contributed by atoms with Gasteiger partial charge in [-0.2, -0.15) is 0 Å². The van der Waals surface area contributed by atoms with E-state index in [2.05, 4.69) is 0 Å². The second-order valence-corrected chi connectivity index (χ2v) is 5.34. The van der Waals surface area contributed by atoms with E-state index in [4.69, 9.17) is 5.11 Å². The van der Waals surface area contributed by atoms with Crippen molar-refractivity contribution in [3.8, 4) is 0 Å². The van der Waals surface area contributed by atoms with Crippen LogP contribution in [0.15, 0.2) is 24.3 Å². The second-order valence-electron chi connectivity index (χ2n) is 5.34. The molecule has 1 amide bonds. The maximum Gasteiger partial charge on any atom is 0.322 e. The molecule has 20 heavy (non-hydrogen) atoms. The number of aliphatic carboxylic acids is 1. The fraction of sp³-hybridized carbons (Fsp3) is 0.467. The highest BCUT2D eigenvalue weighted by molar-refractivity contribution is 5.81. The van der Waals surface area contributed by atoms with Gasteiger partial charge in [0, 0.05) is 19.6 Å². The van der Waals surface area contributed by atoms with Crippen LogP contribution in [0.5, 0.6) is 0 Å². The van der Waals surface area contributed by atoms with Crippen molar-refractivity contribution in [2.75, 3.05) is 26.7 Å². The van der Waals surface area contributed by atoms with E-state index in [1.165, 1.54) is 0 Å². The molecular formula is C15H20N2O3. The average molecular weight is 276 g/mol. The van der Waals surface area contributed by atoms with Crippen LogP contribution in [0.1, 0.15) is 11.1 Å². The number of likely N-dealkylation sites (N-methyl/N-ethyl adjacent to an activating group) is 1. The quantitative estimate of drug-likeness (QED) is 0.885. The molecule has 2 rings (SSSR count). The molecule has 0 saturated carbocycles. The molecule has 1 aliphatic rings. The molecule has 1 heterocycles. The lowest BCUT2D eigenvalue weighted by Crippen LogP contribution is -2.56. The first-order valence-electron chi connectivity index (χ1n) is 6.73. The lowest BCUT2D eigenvalue weighted by molar-refractivity contribution is -0.147. The van der Waals surface area contributed by atoms with Crippen molar-refractivity contribution >= 4 is 11.9 Å². The molecule has 1 aliphatic heterocycles. The van der Waals surface area contributed by atoms with Crippen molar-refractivity contribution in [1.82, 2.24) is 9.80 Å². The number of benzene rings is 1. The van der Waals surface area contributed by atoms with Crippen molar-refractivity contribution in [2.45, 2.75) is 19.4 Å². The van der Waals surface area contributed by atoms with Crippen molar-refractivity contribution in [3.63, 3.8) is 0 Å². The molecule has 0 aliphatic carbocycles. The Hall–Kier alpha value is -1.88. The van der Waals surface area contributed by atoms with Crippen LogP contribution in [0, 0.1) is 6.92 Å². The lowest BCUT2D eigenvalue weighted by Gasteiger charge is -2.37. The normalized spacial score (nSPS) is 19.9. The highest BCUT2D eigenvalue weighted by Crippen LogP contribution is 2.11. The average Bonchev–Trinajstić information content (AvgIpc) is 2.38. The summed E-state index contributed by atoms with van der Waals surface area (Å²) in [5, 5.41) is 9.15. The van der Waals surface area contributed by atoms with E-state index in [0.29, 0.717) is 19.5 Å². The minimum absolute atomic E-state index is 0.00468. The highest BCUT2D eigenvalue weighted by atomic mass is 16.4. The predicted molar refractivity (Wildman–Crippen MR) is 75.5 cm³/mol. The molecule has 108 valence electrons. The fourth-order valence-electron chi connectivity index (χ4n) is 2.48. The van der Waals surface area contributed by atoms with Gasteiger partial charge in [-0.3, -0.25) is 14.5 Å². The molecule has 1 fully saturated rings. The Kier molecular flexibility index (Phi) is 4.39. The summed E-state index contributed by atoms with van der Waals surface area (Å²) in [6.07, 6.45) is 0.331. The maximum atomic E-state index is 12.3. The van der Waals surface area contributed by atoms with Crippen LogP contribution in [0.3, 0.4) is 0 Å². The van der Waals surface area contributed by atoms with E-state index >= 15 is 0 Å². The van der Waals surface area contributed by atoms with Gasteiger partial charge in [-0.15, -0.1) is 0 Å². The Morgan fingerprint density at radius 1 is 1.35 bits per heavy atom. The van der Waals surface area contributed by atoms with Crippen LogP contribution in [0.2, 0.25) is 0 Å². The summed E-state index contributed by atoms with van der Waals surface area (Å²) >= 11 is 0. The third-order valence-electron chi connectivity index (χ3n) is 3.72. The van der Waals surface area contributed by atoms with Crippen molar-refractivity contribution in [2.24, 2.45) is 0 Å². The number of piperazine rings is 1. The number of carboxylic acids is 1. The van der Waals surface area contributed by atoms with Gasteiger partial charge >= 0.3 is 5.97 Å². The number of amides is 1. The zero-order valence-corrected chi connectivity index (χ0v) is 11.9. The molecule has 0 aromatic heterocycles. The first kappa shape index (κ1) is 14.5. The molecule has 0 bridgehead atoms. The van der Waals surface area contributed by atoms with Gasteiger partial charge in [0.2, 0.25) is 5.91 Å². The summed E-state index contributed by atoms with van der Waals surface area (Å²) in [5.74, 6) is -0.879. The van der Waals surface area contributed by atoms with Crippen LogP contribution >= 0.6 is 0 Å². The number of carbonyl (C=O) groups excluding carboxylic acids is 1. The second kappa shape index (κ2) is 6.05. The molecule has 1 aromatic carbocycles. The summed E-state index contributed by atoms with van der Waals surface area (Å²) < 4.78 is 0. The maximum absolute atomic E-state index is 12.3. The number of nitrogens with zero attached hydrogens (tertiary/aromatic N) is 2. The summed E-state index contributed by atoms with van der Waals surface area (Å²) in [7, 11) is 1.78. The summed E-state index contributed by atoms with van der Waals surface area (Å²) in [6, 6.07) is 7.23. The number of hydrogen-bond donors (Lipinski definition) is 1. The molecule has 5 nitrogen and oxygen atoms in total. The van der Waals surface area contributed by atoms with Crippen LogP contribution in [0.4, 0.5) is 0 Å². The van der Waals surface area contributed by atoms with Crippen molar-refractivity contribution in [3.05, 3.63) is 35.4 Å². The molecule has 1 atom stereocenters. The molecule has 0 spiro atoms. The first-order valence-corrected chi connectivity index (χ1v) is 6.73. The van der Waals surface area contributed by atoms with Gasteiger partial charge in [-0.25, -0.2) is 0 Å². The van der Waals surface area contributed by atoms with Gasteiger partial charge in [-0.05, 0) is 19.5 Å².